The van der Waals surface area contributed by atoms with Gasteiger partial charge in [0.2, 0.25) is 0 Å². The highest BCUT2D eigenvalue weighted by Gasteiger charge is 2.35. The molecule has 8 heteroatoms. The van der Waals surface area contributed by atoms with Gasteiger partial charge in [-0.3, -0.25) is 24.0 Å². The van der Waals surface area contributed by atoms with Gasteiger partial charge in [-0.1, -0.05) is 71.9 Å². The number of amides is 1. The molecule has 0 fully saturated rings. The Morgan fingerprint density at radius 1 is 0.600 bits per heavy atom. The largest absolute Gasteiger partial charge is 0.458 e. The predicted molar refractivity (Wildman–Crippen MR) is 152 cm³/mol. The van der Waals surface area contributed by atoms with E-state index < -0.39 is 39.7 Å². The summed E-state index contributed by atoms with van der Waals surface area (Å²) < 4.78 is 5.35. The molecule has 8 nitrogen and oxygen atoms in total. The zero-order valence-electron chi connectivity index (χ0n) is 25.4. The van der Waals surface area contributed by atoms with Gasteiger partial charge in [0, 0.05) is 33.1 Å². The highest BCUT2D eigenvalue weighted by Crippen LogP contribution is 2.26. The highest BCUT2D eigenvalue weighted by molar-refractivity contribution is 6.17. The van der Waals surface area contributed by atoms with Crippen LogP contribution in [0, 0.1) is 10.8 Å². The zero-order valence-corrected chi connectivity index (χ0v) is 25.4. The minimum atomic E-state index is -1.52. The van der Waals surface area contributed by atoms with E-state index in [0.717, 1.165) is 0 Å². The van der Waals surface area contributed by atoms with Crippen molar-refractivity contribution in [1.82, 2.24) is 5.48 Å². The maximum Gasteiger partial charge on any atom is 0.341 e. The molecular formula is C32H41NO7. The van der Waals surface area contributed by atoms with E-state index >= 15 is 0 Å². The minimum Gasteiger partial charge on any atom is -0.458 e. The molecule has 0 aliphatic heterocycles. The van der Waals surface area contributed by atoms with Gasteiger partial charge in [0.15, 0.2) is 23.0 Å². The summed E-state index contributed by atoms with van der Waals surface area (Å²) in [6.07, 6.45) is 0. The fraction of sp³-hybridized carbons (Fsp3) is 0.469. The Morgan fingerprint density at radius 3 is 1.52 bits per heavy atom. The summed E-state index contributed by atoms with van der Waals surface area (Å²) in [5.74, 6) is -2.27. The first kappa shape index (κ1) is 32.6. The van der Waals surface area contributed by atoms with Crippen molar-refractivity contribution in [2.24, 2.45) is 10.8 Å². The van der Waals surface area contributed by atoms with Gasteiger partial charge in [0.05, 0.1) is 5.56 Å². The van der Waals surface area contributed by atoms with Crippen molar-refractivity contribution in [3.05, 3.63) is 70.3 Å². The minimum absolute atomic E-state index is 0.0267. The molecule has 0 aliphatic rings. The van der Waals surface area contributed by atoms with Gasteiger partial charge in [-0.25, -0.2) is 10.3 Å². The number of benzene rings is 2. The molecule has 0 saturated heterocycles. The summed E-state index contributed by atoms with van der Waals surface area (Å²) in [6, 6.07) is 10.4. The quantitative estimate of drug-likeness (QED) is 0.237. The maximum absolute atomic E-state index is 13.6. The van der Waals surface area contributed by atoms with Crippen molar-refractivity contribution in [2.75, 3.05) is 0 Å². The molecule has 2 rings (SSSR count). The number of hydrogen-bond acceptors (Lipinski definition) is 7. The van der Waals surface area contributed by atoms with Gasteiger partial charge in [0.25, 0.3) is 5.91 Å². The van der Waals surface area contributed by atoms with E-state index in [4.69, 9.17) is 9.57 Å². The highest BCUT2D eigenvalue weighted by atomic mass is 16.7. The van der Waals surface area contributed by atoms with E-state index in [0.29, 0.717) is 5.56 Å². The molecule has 0 unspecified atom stereocenters. The SMILES string of the molecule is CC(C)(C)OC(=O)C(C)(C)ONC(=O)c1ccc(C(=O)C(C)(C)C)cc1C(=O)c1ccc(C(=O)C(C)(C)C)cc1. The number of carbonyl (C=O) groups is 5. The Kier molecular flexibility index (Phi) is 9.32. The molecule has 0 spiro atoms. The summed E-state index contributed by atoms with van der Waals surface area (Å²) >= 11 is 0. The Bertz CT molecular complexity index is 1320. The molecule has 0 aromatic heterocycles. The van der Waals surface area contributed by atoms with Gasteiger partial charge in [-0.05, 0) is 46.8 Å². The van der Waals surface area contributed by atoms with Gasteiger partial charge < -0.3 is 4.74 Å². The molecule has 0 bridgehead atoms. The lowest BCUT2D eigenvalue weighted by atomic mass is 9.84. The first-order chi connectivity index (χ1) is 18.0. The van der Waals surface area contributed by atoms with Gasteiger partial charge in [-0.15, -0.1) is 0 Å². The average molecular weight is 552 g/mol. The lowest BCUT2D eigenvalue weighted by Gasteiger charge is -2.28. The number of Topliss-reactive ketones (excluding diaryl/α,β-unsaturated/α-hetero) is 2. The molecule has 0 radical (unpaired) electrons. The number of carbonyl (C=O) groups excluding carboxylic acids is 5. The van der Waals surface area contributed by atoms with Crippen LogP contribution in [0.1, 0.15) is 123 Å². The number of ketones is 3. The van der Waals surface area contributed by atoms with E-state index in [9.17, 15) is 24.0 Å². The van der Waals surface area contributed by atoms with Gasteiger partial charge in [-0.2, -0.15) is 0 Å². The Hall–Kier alpha value is -3.65. The van der Waals surface area contributed by atoms with E-state index in [1.165, 1.54) is 44.2 Å². The first-order valence-corrected chi connectivity index (χ1v) is 13.1. The number of hydrogen-bond donors (Lipinski definition) is 1. The van der Waals surface area contributed by atoms with Crippen molar-refractivity contribution >= 4 is 29.2 Å². The summed E-state index contributed by atoms with van der Waals surface area (Å²) in [7, 11) is 0. The zero-order chi connectivity index (χ0) is 30.8. The molecule has 216 valence electrons. The predicted octanol–water partition coefficient (Wildman–Crippen LogP) is 6.16. The van der Waals surface area contributed by atoms with Gasteiger partial charge >= 0.3 is 5.97 Å². The Labute approximate surface area is 236 Å². The Balaban J connectivity index is 2.47. The number of ether oxygens (including phenoxy) is 1. The van der Waals surface area contributed by atoms with Crippen molar-refractivity contribution in [1.29, 1.82) is 0 Å². The van der Waals surface area contributed by atoms with Crippen LogP contribution in [0.15, 0.2) is 42.5 Å². The van der Waals surface area contributed by atoms with Crippen molar-refractivity contribution in [3.63, 3.8) is 0 Å². The van der Waals surface area contributed by atoms with E-state index in [1.807, 2.05) is 20.8 Å². The van der Waals surface area contributed by atoms with Crippen LogP contribution < -0.4 is 5.48 Å². The van der Waals surface area contributed by atoms with Crippen molar-refractivity contribution < 1.29 is 33.5 Å². The second kappa shape index (κ2) is 11.5. The molecule has 2 aromatic rings. The van der Waals surface area contributed by atoms with Crippen LogP contribution in [0.5, 0.6) is 0 Å². The second-order valence-corrected chi connectivity index (χ2v) is 13.4. The molecule has 0 saturated carbocycles. The molecule has 0 atom stereocenters. The molecule has 0 aliphatic carbocycles. The molecule has 40 heavy (non-hydrogen) atoms. The summed E-state index contributed by atoms with van der Waals surface area (Å²) in [6.45, 7) is 18.7. The van der Waals surface area contributed by atoms with Crippen LogP contribution in [0.25, 0.3) is 0 Å². The average Bonchev–Trinajstić information content (AvgIpc) is 2.83. The summed E-state index contributed by atoms with van der Waals surface area (Å²) in [4.78, 5) is 70.4. The van der Waals surface area contributed by atoms with Crippen LogP contribution in [-0.4, -0.2) is 40.4 Å². The third kappa shape index (κ3) is 8.18. The third-order valence-electron chi connectivity index (χ3n) is 5.83. The first-order valence-electron chi connectivity index (χ1n) is 13.1. The van der Waals surface area contributed by atoms with Crippen molar-refractivity contribution in [2.45, 2.75) is 87.4 Å². The van der Waals surface area contributed by atoms with Crippen LogP contribution >= 0.6 is 0 Å². The monoisotopic (exact) mass is 551 g/mol. The maximum atomic E-state index is 13.6. The van der Waals surface area contributed by atoms with Gasteiger partial charge in [0.1, 0.15) is 5.60 Å². The second-order valence-electron chi connectivity index (χ2n) is 13.4. The normalized spacial score (nSPS) is 12.5. The molecular weight excluding hydrogens is 510 g/mol. The number of nitrogens with one attached hydrogen (secondary N) is 1. The van der Waals surface area contributed by atoms with Crippen LogP contribution in [-0.2, 0) is 14.4 Å². The topological polar surface area (TPSA) is 116 Å². The number of hydroxylamine groups is 1. The van der Waals surface area contributed by atoms with Crippen LogP contribution in [0.4, 0.5) is 0 Å². The van der Waals surface area contributed by atoms with Crippen LogP contribution in [0.2, 0.25) is 0 Å². The van der Waals surface area contributed by atoms with E-state index in [2.05, 4.69) is 5.48 Å². The number of esters is 1. The fourth-order valence-electron chi connectivity index (χ4n) is 3.54. The lowest BCUT2D eigenvalue weighted by Crippen LogP contribution is -2.45. The molecule has 1 N–H and O–H groups in total. The Morgan fingerprint density at radius 2 is 1.05 bits per heavy atom. The lowest BCUT2D eigenvalue weighted by molar-refractivity contribution is -0.185. The smallest absolute Gasteiger partial charge is 0.341 e. The number of rotatable bonds is 8. The molecule has 0 heterocycles. The summed E-state index contributed by atoms with van der Waals surface area (Å²) in [5.41, 5.74) is -0.472. The van der Waals surface area contributed by atoms with Crippen molar-refractivity contribution in [3.8, 4) is 0 Å². The van der Waals surface area contributed by atoms with E-state index in [-0.39, 0.29) is 33.8 Å². The molecule has 2 aromatic carbocycles. The summed E-state index contributed by atoms with van der Waals surface area (Å²) in [5, 5.41) is 0. The third-order valence-corrected chi connectivity index (χ3v) is 5.83. The van der Waals surface area contributed by atoms with Crippen LogP contribution in [0.3, 0.4) is 0 Å². The standard InChI is InChI=1S/C32H41NO7/c1-29(2,3)25(35)20-14-12-19(13-15-20)24(34)23-18-21(26(36)30(4,5)6)16-17-22(23)27(37)33-40-32(10,11)28(38)39-31(7,8)9/h12-18H,1-11H3,(H,33,37). The van der Waals surface area contributed by atoms with E-state index in [1.54, 1.807) is 53.7 Å². The fourth-order valence-corrected chi connectivity index (χ4v) is 3.54. The molecule has 1 amide bonds.